The van der Waals surface area contributed by atoms with Crippen LogP contribution in [0.3, 0.4) is 0 Å². The van der Waals surface area contributed by atoms with Crippen LogP contribution >= 0.6 is 0 Å². The van der Waals surface area contributed by atoms with E-state index in [0.717, 1.165) is 11.1 Å². The molecule has 0 unspecified atom stereocenters. The van der Waals surface area contributed by atoms with E-state index in [1.165, 1.54) is 19.2 Å². The number of ether oxygens (including phenoxy) is 1. The largest absolute Gasteiger partial charge is 0.469 e. The van der Waals surface area contributed by atoms with Crippen LogP contribution < -0.4 is 0 Å². The van der Waals surface area contributed by atoms with Crippen LogP contribution in [0.1, 0.15) is 27.9 Å². The molecule has 0 radical (unpaired) electrons. The van der Waals surface area contributed by atoms with Crippen LogP contribution in [0.4, 0.5) is 4.39 Å². The van der Waals surface area contributed by atoms with Gasteiger partial charge in [0.25, 0.3) is 5.91 Å². The minimum absolute atomic E-state index is 0.106. The Balaban J connectivity index is 2.21. The molecule has 0 aliphatic carbocycles. The van der Waals surface area contributed by atoms with Gasteiger partial charge in [-0.1, -0.05) is 30.3 Å². The first-order valence-corrected chi connectivity index (χ1v) is 7.67. The van der Waals surface area contributed by atoms with Gasteiger partial charge in [-0.3, -0.25) is 9.59 Å². The average Bonchev–Trinajstić information content (AvgIpc) is 2.59. The number of carbonyl (C=O) groups excluding carboxylic acids is 2. The Morgan fingerprint density at radius 1 is 1.08 bits per heavy atom. The summed E-state index contributed by atoms with van der Waals surface area (Å²) in [7, 11) is 1.32. The van der Waals surface area contributed by atoms with E-state index in [2.05, 4.69) is 4.74 Å². The highest BCUT2D eigenvalue weighted by molar-refractivity contribution is 5.95. The van der Waals surface area contributed by atoms with Crippen molar-refractivity contribution in [3.8, 4) is 0 Å². The molecule has 0 aliphatic rings. The summed E-state index contributed by atoms with van der Waals surface area (Å²) in [6.07, 6.45) is 0.106. The van der Waals surface area contributed by atoms with E-state index >= 15 is 0 Å². The van der Waals surface area contributed by atoms with E-state index in [4.69, 9.17) is 0 Å². The zero-order valence-corrected chi connectivity index (χ0v) is 13.8. The SMILES string of the molecule is COC(=O)CCN(Cc1ccc(F)cc1)C(=O)c1ccccc1C. The number of nitrogens with zero attached hydrogens (tertiary/aromatic N) is 1. The van der Waals surface area contributed by atoms with Gasteiger partial charge >= 0.3 is 5.97 Å². The number of amides is 1. The van der Waals surface area contributed by atoms with Crippen molar-refractivity contribution in [1.29, 1.82) is 0 Å². The highest BCUT2D eigenvalue weighted by atomic mass is 19.1. The predicted octanol–water partition coefficient (Wildman–Crippen LogP) is 3.34. The molecule has 126 valence electrons. The molecule has 1 amide bonds. The number of aryl methyl sites for hydroxylation is 1. The highest BCUT2D eigenvalue weighted by Crippen LogP contribution is 2.14. The first-order chi connectivity index (χ1) is 11.5. The number of hydrogen-bond acceptors (Lipinski definition) is 3. The van der Waals surface area contributed by atoms with Crippen LogP contribution in [0.2, 0.25) is 0 Å². The van der Waals surface area contributed by atoms with E-state index in [1.54, 1.807) is 29.2 Å². The van der Waals surface area contributed by atoms with Crippen molar-refractivity contribution in [2.75, 3.05) is 13.7 Å². The van der Waals surface area contributed by atoms with Gasteiger partial charge in [0.2, 0.25) is 0 Å². The van der Waals surface area contributed by atoms with Gasteiger partial charge in [0.15, 0.2) is 0 Å². The number of rotatable bonds is 6. The molecule has 2 aromatic carbocycles. The van der Waals surface area contributed by atoms with Gasteiger partial charge in [0.1, 0.15) is 5.82 Å². The first-order valence-electron chi connectivity index (χ1n) is 7.67. The smallest absolute Gasteiger partial charge is 0.307 e. The van der Waals surface area contributed by atoms with Crippen molar-refractivity contribution < 1.29 is 18.7 Å². The maximum atomic E-state index is 13.1. The summed E-state index contributed by atoms with van der Waals surface area (Å²) in [6.45, 7) is 2.39. The first kappa shape index (κ1) is 17.7. The average molecular weight is 329 g/mol. The Kier molecular flexibility index (Phi) is 6.07. The fourth-order valence-electron chi connectivity index (χ4n) is 2.37. The molecule has 0 aliphatic heterocycles. The normalized spacial score (nSPS) is 10.3. The van der Waals surface area contributed by atoms with E-state index < -0.39 is 0 Å². The molecule has 24 heavy (non-hydrogen) atoms. The lowest BCUT2D eigenvalue weighted by Crippen LogP contribution is -2.33. The van der Waals surface area contributed by atoms with E-state index in [0.29, 0.717) is 12.1 Å². The van der Waals surface area contributed by atoms with Gasteiger partial charge in [-0.15, -0.1) is 0 Å². The fraction of sp³-hybridized carbons (Fsp3) is 0.263. The molecule has 0 atom stereocenters. The summed E-state index contributed by atoms with van der Waals surface area (Å²) in [4.78, 5) is 25.8. The van der Waals surface area contributed by atoms with Crippen LogP contribution in [0.15, 0.2) is 48.5 Å². The van der Waals surface area contributed by atoms with Gasteiger partial charge in [0.05, 0.1) is 13.5 Å². The van der Waals surface area contributed by atoms with Gasteiger partial charge < -0.3 is 9.64 Å². The van der Waals surface area contributed by atoms with Crippen molar-refractivity contribution in [3.05, 3.63) is 71.0 Å². The number of halogens is 1. The predicted molar refractivity (Wildman–Crippen MR) is 89.0 cm³/mol. The molecule has 0 N–H and O–H groups in total. The second kappa shape index (κ2) is 8.24. The summed E-state index contributed by atoms with van der Waals surface area (Å²) in [6, 6.07) is 13.3. The van der Waals surface area contributed by atoms with Crippen LogP contribution in [0.5, 0.6) is 0 Å². The lowest BCUT2D eigenvalue weighted by atomic mass is 10.1. The lowest BCUT2D eigenvalue weighted by Gasteiger charge is -2.23. The minimum Gasteiger partial charge on any atom is -0.469 e. The van der Waals surface area contributed by atoms with E-state index in [9.17, 15) is 14.0 Å². The second-order valence-electron chi connectivity index (χ2n) is 5.49. The van der Waals surface area contributed by atoms with Gasteiger partial charge in [-0.05, 0) is 36.2 Å². The topological polar surface area (TPSA) is 46.6 Å². The summed E-state index contributed by atoms with van der Waals surface area (Å²) < 4.78 is 17.7. The maximum Gasteiger partial charge on any atom is 0.307 e. The zero-order valence-electron chi connectivity index (χ0n) is 13.8. The van der Waals surface area contributed by atoms with Gasteiger partial charge in [-0.2, -0.15) is 0 Å². The number of carbonyl (C=O) groups is 2. The monoisotopic (exact) mass is 329 g/mol. The third kappa shape index (κ3) is 4.65. The van der Waals surface area contributed by atoms with Crippen LogP contribution in [0.25, 0.3) is 0 Å². The lowest BCUT2D eigenvalue weighted by molar-refractivity contribution is -0.140. The maximum absolute atomic E-state index is 13.1. The van der Waals surface area contributed by atoms with Crippen LogP contribution in [0, 0.1) is 12.7 Å². The van der Waals surface area contributed by atoms with E-state index in [-0.39, 0.29) is 30.7 Å². The van der Waals surface area contributed by atoms with Crippen molar-refractivity contribution in [2.24, 2.45) is 0 Å². The molecule has 2 rings (SSSR count). The quantitative estimate of drug-likeness (QED) is 0.764. The minimum atomic E-state index is -0.378. The Bertz CT molecular complexity index is 713. The molecular formula is C19H20FNO3. The van der Waals surface area contributed by atoms with Crippen LogP contribution in [-0.4, -0.2) is 30.4 Å². The number of benzene rings is 2. The molecule has 0 aromatic heterocycles. The molecule has 0 bridgehead atoms. The third-order valence-electron chi connectivity index (χ3n) is 3.76. The van der Waals surface area contributed by atoms with E-state index in [1.807, 2.05) is 19.1 Å². The molecule has 0 heterocycles. The molecule has 0 saturated carbocycles. The Labute approximate surface area is 140 Å². The van der Waals surface area contributed by atoms with Crippen molar-refractivity contribution in [1.82, 2.24) is 4.90 Å². The molecule has 0 fully saturated rings. The fourth-order valence-corrected chi connectivity index (χ4v) is 2.37. The molecule has 0 saturated heterocycles. The number of esters is 1. The Morgan fingerprint density at radius 3 is 2.38 bits per heavy atom. The second-order valence-corrected chi connectivity index (χ2v) is 5.49. The highest BCUT2D eigenvalue weighted by Gasteiger charge is 2.19. The number of hydrogen-bond donors (Lipinski definition) is 0. The zero-order chi connectivity index (χ0) is 17.5. The molecule has 5 heteroatoms. The Morgan fingerprint density at radius 2 is 1.75 bits per heavy atom. The van der Waals surface area contributed by atoms with Gasteiger partial charge in [0, 0.05) is 18.7 Å². The number of methoxy groups -OCH3 is 1. The Hall–Kier alpha value is -2.69. The molecule has 2 aromatic rings. The van der Waals surface area contributed by atoms with Crippen LogP contribution in [-0.2, 0) is 16.1 Å². The van der Waals surface area contributed by atoms with Crippen molar-refractivity contribution in [2.45, 2.75) is 19.9 Å². The van der Waals surface area contributed by atoms with Crippen molar-refractivity contribution in [3.63, 3.8) is 0 Å². The molecule has 0 spiro atoms. The summed E-state index contributed by atoms with van der Waals surface area (Å²) in [5.41, 5.74) is 2.25. The summed E-state index contributed by atoms with van der Waals surface area (Å²) >= 11 is 0. The molecular weight excluding hydrogens is 309 g/mol. The molecule has 4 nitrogen and oxygen atoms in total. The third-order valence-corrected chi connectivity index (χ3v) is 3.76. The summed E-state index contributed by atoms with van der Waals surface area (Å²) in [5.74, 6) is -0.872. The standard InChI is InChI=1S/C19H20FNO3/c1-14-5-3-4-6-17(14)19(23)21(12-11-18(22)24-2)13-15-7-9-16(20)10-8-15/h3-10H,11-13H2,1-2H3. The van der Waals surface area contributed by atoms with Gasteiger partial charge in [-0.25, -0.2) is 4.39 Å². The van der Waals surface area contributed by atoms with Crippen molar-refractivity contribution >= 4 is 11.9 Å². The summed E-state index contributed by atoms with van der Waals surface area (Å²) in [5, 5.41) is 0.